The van der Waals surface area contributed by atoms with Gasteiger partial charge in [-0.3, -0.25) is 4.79 Å². The van der Waals surface area contributed by atoms with E-state index in [2.05, 4.69) is 4.98 Å². The summed E-state index contributed by atoms with van der Waals surface area (Å²) in [6, 6.07) is 14.2. The molecule has 142 valence electrons. The van der Waals surface area contributed by atoms with Crippen molar-refractivity contribution in [1.29, 1.82) is 0 Å². The lowest BCUT2D eigenvalue weighted by molar-refractivity contribution is 0.0969. The maximum Gasteiger partial charge on any atom is 0.255 e. The number of hydrogen-bond acceptors (Lipinski definition) is 3. The molecule has 3 aromatic rings. The Morgan fingerprint density at radius 1 is 1.04 bits per heavy atom. The summed E-state index contributed by atoms with van der Waals surface area (Å²) >= 11 is 5.69. The molecule has 1 heterocycles. The number of ketones is 1. The Labute approximate surface area is 163 Å². The van der Waals surface area contributed by atoms with Gasteiger partial charge in [0, 0.05) is 17.9 Å². The fraction of sp³-hybridized carbons (Fsp3) is 0.143. The molecule has 1 aromatic heterocycles. The van der Waals surface area contributed by atoms with Gasteiger partial charge in [0.2, 0.25) is 11.8 Å². The van der Waals surface area contributed by atoms with Gasteiger partial charge in [0.15, 0.2) is 11.5 Å². The maximum atomic E-state index is 14.0. The average molecular weight is 404 g/mol. The van der Waals surface area contributed by atoms with Crippen LogP contribution in [0.5, 0.6) is 11.5 Å². The van der Waals surface area contributed by atoms with E-state index in [-0.39, 0.29) is 17.5 Å². The highest BCUT2D eigenvalue weighted by molar-refractivity contribution is 6.32. The van der Waals surface area contributed by atoms with Crippen molar-refractivity contribution < 1.29 is 22.7 Å². The molecule has 0 fully saturated rings. The Bertz CT molecular complexity index is 1050. The molecule has 0 amide bonds. The molecule has 1 aliphatic carbocycles. The van der Waals surface area contributed by atoms with E-state index in [9.17, 15) is 18.0 Å². The number of ether oxygens (including phenoxy) is 1. The number of carbonyl (C=O) groups excluding carboxylic acids is 1. The van der Waals surface area contributed by atoms with Gasteiger partial charge in [0.25, 0.3) is 5.95 Å². The minimum absolute atomic E-state index is 0.000978. The summed E-state index contributed by atoms with van der Waals surface area (Å²) < 4.78 is 46.3. The van der Waals surface area contributed by atoms with Gasteiger partial charge in [-0.1, -0.05) is 41.9 Å². The summed E-state index contributed by atoms with van der Waals surface area (Å²) in [5, 5.41) is -0.757. The standard InChI is InChI=1S/C21H13ClF3NO2/c22-17-19(18(23)21(25)26-20(17)24)28-12-6-7-14-15(10-12)13(8-9-16(14)27)11-4-2-1-3-5-11/h1-7,10,13H,8-9H2. The molecule has 0 bridgehead atoms. The number of carbonyl (C=O) groups is 1. The number of Topliss-reactive ketones (excluding diaryl/α,β-unsaturated/α-hetero) is 1. The number of benzene rings is 2. The van der Waals surface area contributed by atoms with Crippen LogP contribution in [-0.2, 0) is 0 Å². The largest absolute Gasteiger partial charge is 0.452 e. The second kappa shape index (κ2) is 7.28. The normalized spacial score (nSPS) is 16.0. The third-order valence-electron chi connectivity index (χ3n) is 4.74. The summed E-state index contributed by atoms with van der Waals surface area (Å²) in [5.41, 5.74) is 2.29. The van der Waals surface area contributed by atoms with Gasteiger partial charge in [-0.25, -0.2) is 0 Å². The molecular weight excluding hydrogens is 391 g/mol. The van der Waals surface area contributed by atoms with Crippen molar-refractivity contribution >= 4 is 17.4 Å². The number of nitrogens with zero attached hydrogens (tertiary/aromatic N) is 1. The van der Waals surface area contributed by atoms with E-state index in [0.29, 0.717) is 24.0 Å². The maximum absolute atomic E-state index is 14.0. The Morgan fingerprint density at radius 2 is 1.79 bits per heavy atom. The van der Waals surface area contributed by atoms with E-state index < -0.39 is 28.5 Å². The van der Waals surface area contributed by atoms with Gasteiger partial charge >= 0.3 is 0 Å². The molecule has 1 aliphatic rings. The predicted octanol–water partition coefficient (Wildman–Crippen LogP) is 6.05. The zero-order valence-electron chi connectivity index (χ0n) is 14.4. The van der Waals surface area contributed by atoms with Crippen LogP contribution in [-0.4, -0.2) is 10.8 Å². The number of pyridine rings is 1. The molecule has 0 saturated heterocycles. The first kappa shape index (κ1) is 18.5. The van der Waals surface area contributed by atoms with Crippen molar-refractivity contribution in [3.05, 3.63) is 88.0 Å². The highest BCUT2D eigenvalue weighted by Gasteiger charge is 2.28. The van der Waals surface area contributed by atoms with Gasteiger partial charge < -0.3 is 4.74 Å². The minimum Gasteiger partial charge on any atom is -0.452 e. The van der Waals surface area contributed by atoms with Crippen LogP contribution in [0.25, 0.3) is 0 Å². The van der Waals surface area contributed by atoms with E-state index in [1.807, 2.05) is 30.3 Å². The van der Waals surface area contributed by atoms with Crippen LogP contribution in [0.15, 0.2) is 48.5 Å². The predicted molar refractivity (Wildman–Crippen MR) is 97.5 cm³/mol. The topological polar surface area (TPSA) is 39.2 Å². The van der Waals surface area contributed by atoms with Crippen molar-refractivity contribution in [2.24, 2.45) is 0 Å². The zero-order chi connectivity index (χ0) is 19.8. The number of rotatable bonds is 3. The van der Waals surface area contributed by atoms with Gasteiger partial charge in [-0.15, -0.1) is 0 Å². The third kappa shape index (κ3) is 3.24. The monoisotopic (exact) mass is 403 g/mol. The van der Waals surface area contributed by atoms with Crippen molar-refractivity contribution in [2.45, 2.75) is 18.8 Å². The fourth-order valence-electron chi connectivity index (χ4n) is 3.42. The van der Waals surface area contributed by atoms with E-state index in [0.717, 1.165) is 5.56 Å². The molecular formula is C21H13ClF3NO2. The molecule has 1 atom stereocenters. The zero-order valence-corrected chi connectivity index (χ0v) is 15.1. The SMILES string of the molecule is O=C1CCC(c2ccccc2)c2cc(Oc3c(F)c(F)nc(F)c3Cl)ccc21. The second-order valence-corrected chi connectivity index (χ2v) is 6.80. The van der Waals surface area contributed by atoms with Crippen LogP contribution in [0.4, 0.5) is 13.2 Å². The van der Waals surface area contributed by atoms with Crippen LogP contribution in [0.3, 0.4) is 0 Å². The molecule has 4 rings (SSSR count). The van der Waals surface area contributed by atoms with Gasteiger partial charge in [-0.05, 0) is 35.7 Å². The number of aromatic nitrogens is 1. The number of halogens is 4. The first-order chi connectivity index (χ1) is 13.5. The summed E-state index contributed by atoms with van der Waals surface area (Å²) in [6.45, 7) is 0. The average Bonchev–Trinajstić information content (AvgIpc) is 2.70. The quantitative estimate of drug-likeness (QED) is 0.499. The Morgan fingerprint density at radius 3 is 2.54 bits per heavy atom. The van der Waals surface area contributed by atoms with Crippen LogP contribution in [0, 0.1) is 17.7 Å². The summed E-state index contributed by atoms with van der Waals surface area (Å²) in [5.74, 6) is -5.23. The van der Waals surface area contributed by atoms with Crippen molar-refractivity contribution in [2.75, 3.05) is 0 Å². The Hall–Kier alpha value is -2.86. The van der Waals surface area contributed by atoms with E-state index >= 15 is 0 Å². The Kier molecular flexibility index (Phi) is 4.81. The smallest absolute Gasteiger partial charge is 0.255 e. The van der Waals surface area contributed by atoms with Crippen LogP contribution in [0.2, 0.25) is 5.02 Å². The molecule has 0 saturated carbocycles. The Balaban J connectivity index is 1.77. The molecule has 7 heteroatoms. The lowest BCUT2D eigenvalue weighted by Gasteiger charge is -2.25. The third-order valence-corrected chi connectivity index (χ3v) is 5.07. The fourth-order valence-corrected chi connectivity index (χ4v) is 3.58. The second-order valence-electron chi connectivity index (χ2n) is 6.43. The number of hydrogen-bond donors (Lipinski definition) is 0. The molecule has 3 nitrogen and oxygen atoms in total. The molecule has 28 heavy (non-hydrogen) atoms. The minimum atomic E-state index is -1.65. The van der Waals surface area contributed by atoms with Crippen LogP contribution in [0.1, 0.15) is 40.2 Å². The van der Waals surface area contributed by atoms with Crippen molar-refractivity contribution in [1.82, 2.24) is 4.98 Å². The summed E-state index contributed by atoms with van der Waals surface area (Å²) in [7, 11) is 0. The molecule has 0 N–H and O–H groups in total. The lowest BCUT2D eigenvalue weighted by atomic mass is 9.78. The van der Waals surface area contributed by atoms with E-state index in [4.69, 9.17) is 16.3 Å². The van der Waals surface area contributed by atoms with Gasteiger partial charge in [-0.2, -0.15) is 18.2 Å². The highest BCUT2D eigenvalue weighted by Crippen LogP contribution is 2.40. The number of fused-ring (bicyclic) bond motifs is 1. The summed E-state index contributed by atoms with van der Waals surface area (Å²) in [4.78, 5) is 15.0. The van der Waals surface area contributed by atoms with Gasteiger partial charge in [0.1, 0.15) is 10.8 Å². The molecule has 2 aromatic carbocycles. The first-order valence-corrected chi connectivity index (χ1v) is 8.93. The first-order valence-electron chi connectivity index (χ1n) is 8.55. The van der Waals surface area contributed by atoms with Crippen molar-refractivity contribution in [3.63, 3.8) is 0 Å². The molecule has 0 radical (unpaired) electrons. The van der Waals surface area contributed by atoms with Crippen LogP contribution < -0.4 is 4.74 Å². The summed E-state index contributed by atoms with van der Waals surface area (Å²) in [6.07, 6.45) is 1.03. The molecule has 0 spiro atoms. The molecule has 0 aliphatic heterocycles. The van der Waals surface area contributed by atoms with E-state index in [1.165, 1.54) is 6.07 Å². The van der Waals surface area contributed by atoms with E-state index in [1.54, 1.807) is 12.1 Å². The highest BCUT2D eigenvalue weighted by atomic mass is 35.5. The van der Waals surface area contributed by atoms with Crippen LogP contribution >= 0.6 is 11.6 Å². The molecule has 1 unspecified atom stereocenters. The lowest BCUT2D eigenvalue weighted by Crippen LogP contribution is -2.16. The van der Waals surface area contributed by atoms with Crippen molar-refractivity contribution in [3.8, 4) is 11.5 Å². The van der Waals surface area contributed by atoms with Gasteiger partial charge in [0.05, 0.1) is 0 Å².